The Bertz CT molecular complexity index is 376. The summed E-state index contributed by atoms with van der Waals surface area (Å²) in [5.41, 5.74) is 6.48. The van der Waals surface area contributed by atoms with Crippen molar-refractivity contribution in [1.82, 2.24) is 4.98 Å². The molecule has 0 amide bonds. The maximum atomic E-state index is 5.87. The van der Waals surface area contributed by atoms with Crippen molar-refractivity contribution in [2.45, 2.75) is 44.8 Å². The predicted molar refractivity (Wildman–Crippen MR) is 70.7 cm³/mol. The van der Waals surface area contributed by atoms with Crippen LogP contribution in [0, 0.1) is 0 Å². The van der Waals surface area contributed by atoms with E-state index >= 15 is 0 Å². The zero-order chi connectivity index (χ0) is 13.0. The van der Waals surface area contributed by atoms with Gasteiger partial charge < -0.3 is 15.2 Å². The first kappa shape index (κ1) is 13.3. The monoisotopic (exact) mass is 250 g/mol. The van der Waals surface area contributed by atoms with Crippen molar-refractivity contribution in [1.29, 1.82) is 0 Å². The first-order valence-corrected chi connectivity index (χ1v) is 6.55. The van der Waals surface area contributed by atoms with Crippen molar-refractivity contribution in [2.75, 3.05) is 13.2 Å². The molecular weight excluding hydrogens is 228 g/mol. The Morgan fingerprint density at radius 2 is 2.33 bits per heavy atom. The highest BCUT2D eigenvalue weighted by atomic mass is 16.6. The molecule has 1 unspecified atom stereocenters. The maximum Gasteiger partial charge on any atom is 0.137 e. The Kier molecular flexibility index (Phi) is 4.19. The number of ether oxygens (including phenoxy) is 2. The molecular formula is C14H22N2O2. The summed E-state index contributed by atoms with van der Waals surface area (Å²) in [5, 5.41) is 0. The van der Waals surface area contributed by atoms with Crippen molar-refractivity contribution in [2.24, 2.45) is 5.73 Å². The largest absolute Gasteiger partial charge is 0.489 e. The Labute approximate surface area is 108 Å². The lowest BCUT2D eigenvalue weighted by molar-refractivity contribution is -0.0326. The van der Waals surface area contributed by atoms with E-state index in [0.717, 1.165) is 30.7 Å². The van der Waals surface area contributed by atoms with Crippen LogP contribution in [0.2, 0.25) is 0 Å². The molecule has 1 aliphatic rings. The number of aromatic nitrogens is 1. The molecule has 4 heteroatoms. The quantitative estimate of drug-likeness (QED) is 0.867. The summed E-state index contributed by atoms with van der Waals surface area (Å²) in [5.74, 6) is 0.795. The fraction of sp³-hybridized carbons (Fsp3) is 0.643. The van der Waals surface area contributed by atoms with Gasteiger partial charge in [0.15, 0.2) is 0 Å². The van der Waals surface area contributed by atoms with Gasteiger partial charge in [-0.1, -0.05) is 0 Å². The lowest BCUT2D eigenvalue weighted by Crippen LogP contribution is -2.23. The molecule has 1 saturated heterocycles. The summed E-state index contributed by atoms with van der Waals surface area (Å²) in [4.78, 5) is 4.30. The smallest absolute Gasteiger partial charge is 0.137 e. The fourth-order valence-electron chi connectivity index (χ4n) is 2.18. The van der Waals surface area contributed by atoms with Gasteiger partial charge in [0.2, 0.25) is 0 Å². The molecule has 4 nitrogen and oxygen atoms in total. The van der Waals surface area contributed by atoms with Crippen LogP contribution in [0.3, 0.4) is 0 Å². The van der Waals surface area contributed by atoms with Gasteiger partial charge in [0.05, 0.1) is 17.9 Å². The normalized spacial score (nSPS) is 22.1. The zero-order valence-electron chi connectivity index (χ0n) is 11.2. The first-order valence-electron chi connectivity index (χ1n) is 6.55. The predicted octanol–water partition coefficient (Wildman–Crippen LogP) is 1.92. The SMILES string of the molecule is CC1(C)CCC(COc2ccc(CCN)nc2)O1. The van der Waals surface area contributed by atoms with Gasteiger partial charge >= 0.3 is 0 Å². The van der Waals surface area contributed by atoms with Crippen molar-refractivity contribution in [3.05, 3.63) is 24.0 Å². The summed E-state index contributed by atoms with van der Waals surface area (Å²) < 4.78 is 11.6. The van der Waals surface area contributed by atoms with Crippen LogP contribution in [0.15, 0.2) is 18.3 Å². The molecule has 0 saturated carbocycles. The topological polar surface area (TPSA) is 57.4 Å². The molecule has 1 fully saturated rings. The van der Waals surface area contributed by atoms with Crippen LogP contribution in [0.25, 0.3) is 0 Å². The molecule has 0 spiro atoms. The molecule has 2 rings (SSSR count). The van der Waals surface area contributed by atoms with E-state index in [0.29, 0.717) is 13.2 Å². The Morgan fingerprint density at radius 3 is 2.89 bits per heavy atom. The van der Waals surface area contributed by atoms with Crippen LogP contribution in [-0.4, -0.2) is 29.8 Å². The van der Waals surface area contributed by atoms with E-state index in [-0.39, 0.29) is 11.7 Å². The highest BCUT2D eigenvalue weighted by Crippen LogP contribution is 2.29. The highest BCUT2D eigenvalue weighted by Gasteiger charge is 2.31. The van der Waals surface area contributed by atoms with Gasteiger partial charge in [-0.15, -0.1) is 0 Å². The summed E-state index contributed by atoms with van der Waals surface area (Å²) in [6.45, 7) is 5.46. The van der Waals surface area contributed by atoms with Gasteiger partial charge in [0.1, 0.15) is 12.4 Å². The van der Waals surface area contributed by atoms with Crippen LogP contribution >= 0.6 is 0 Å². The van der Waals surface area contributed by atoms with E-state index in [4.69, 9.17) is 15.2 Å². The minimum atomic E-state index is -0.00272. The summed E-state index contributed by atoms with van der Waals surface area (Å²) in [6, 6.07) is 3.90. The van der Waals surface area contributed by atoms with Crippen LogP contribution in [0.4, 0.5) is 0 Å². The van der Waals surface area contributed by atoms with Gasteiger partial charge in [0.25, 0.3) is 0 Å². The second kappa shape index (κ2) is 5.67. The molecule has 1 atom stereocenters. The Balaban J connectivity index is 1.80. The Hall–Kier alpha value is -1.13. The van der Waals surface area contributed by atoms with E-state index in [9.17, 15) is 0 Å². The molecule has 0 radical (unpaired) electrons. The number of rotatable bonds is 5. The average Bonchev–Trinajstić information content (AvgIpc) is 2.69. The Morgan fingerprint density at radius 1 is 1.50 bits per heavy atom. The van der Waals surface area contributed by atoms with Crippen LogP contribution < -0.4 is 10.5 Å². The van der Waals surface area contributed by atoms with E-state index in [2.05, 4.69) is 18.8 Å². The third kappa shape index (κ3) is 3.68. The summed E-state index contributed by atoms with van der Waals surface area (Å²) in [7, 11) is 0. The summed E-state index contributed by atoms with van der Waals surface area (Å²) in [6.07, 6.45) is 4.91. The number of pyridine rings is 1. The van der Waals surface area contributed by atoms with Crippen LogP contribution in [0.1, 0.15) is 32.4 Å². The molecule has 0 aromatic carbocycles. The zero-order valence-corrected chi connectivity index (χ0v) is 11.2. The summed E-state index contributed by atoms with van der Waals surface area (Å²) >= 11 is 0. The molecule has 2 N–H and O–H groups in total. The number of nitrogens with two attached hydrogens (primary N) is 1. The van der Waals surface area contributed by atoms with Crippen molar-refractivity contribution < 1.29 is 9.47 Å². The molecule has 1 aromatic heterocycles. The van der Waals surface area contributed by atoms with Gasteiger partial charge in [-0.2, -0.15) is 0 Å². The second-order valence-electron chi connectivity index (χ2n) is 5.37. The lowest BCUT2D eigenvalue weighted by atomic mass is 10.1. The lowest BCUT2D eigenvalue weighted by Gasteiger charge is -2.19. The van der Waals surface area contributed by atoms with E-state index in [1.807, 2.05) is 12.1 Å². The van der Waals surface area contributed by atoms with Gasteiger partial charge in [-0.05, 0) is 45.4 Å². The van der Waals surface area contributed by atoms with Gasteiger partial charge in [-0.25, -0.2) is 0 Å². The van der Waals surface area contributed by atoms with E-state index in [1.165, 1.54) is 0 Å². The molecule has 1 aromatic rings. The maximum absolute atomic E-state index is 5.87. The first-order chi connectivity index (χ1) is 8.59. The average molecular weight is 250 g/mol. The van der Waals surface area contributed by atoms with Crippen molar-refractivity contribution >= 4 is 0 Å². The molecule has 0 aliphatic carbocycles. The van der Waals surface area contributed by atoms with Crippen molar-refractivity contribution in [3.8, 4) is 5.75 Å². The number of hydrogen-bond acceptors (Lipinski definition) is 4. The van der Waals surface area contributed by atoms with E-state index in [1.54, 1.807) is 6.20 Å². The molecule has 18 heavy (non-hydrogen) atoms. The minimum Gasteiger partial charge on any atom is -0.489 e. The number of hydrogen-bond donors (Lipinski definition) is 1. The van der Waals surface area contributed by atoms with Gasteiger partial charge in [0, 0.05) is 12.1 Å². The second-order valence-corrected chi connectivity index (χ2v) is 5.37. The fourth-order valence-corrected chi connectivity index (χ4v) is 2.18. The number of nitrogens with zero attached hydrogens (tertiary/aromatic N) is 1. The molecule has 1 aliphatic heterocycles. The van der Waals surface area contributed by atoms with Crippen molar-refractivity contribution in [3.63, 3.8) is 0 Å². The molecule has 2 heterocycles. The molecule has 0 bridgehead atoms. The van der Waals surface area contributed by atoms with Crippen LogP contribution in [0.5, 0.6) is 5.75 Å². The highest BCUT2D eigenvalue weighted by molar-refractivity contribution is 5.20. The third-order valence-electron chi connectivity index (χ3n) is 3.19. The van der Waals surface area contributed by atoms with Crippen LogP contribution in [-0.2, 0) is 11.2 Å². The van der Waals surface area contributed by atoms with Gasteiger partial charge in [-0.3, -0.25) is 4.98 Å². The molecule has 100 valence electrons. The van der Waals surface area contributed by atoms with E-state index < -0.39 is 0 Å². The minimum absolute atomic E-state index is 0.00272. The third-order valence-corrected chi connectivity index (χ3v) is 3.19. The standard InChI is InChI=1S/C14H22N2O2/c1-14(2)7-5-13(18-14)10-17-12-4-3-11(6-8-15)16-9-12/h3-4,9,13H,5-8,10,15H2,1-2H3.